The van der Waals surface area contributed by atoms with Gasteiger partial charge in [-0.25, -0.2) is 13.1 Å². The van der Waals surface area contributed by atoms with Crippen molar-refractivity contribution in [3.8, 4) is 0 Å². The van der Waals surface area contributed by atoms with E-state index >= 15 is 0 Å². The zero-order chi connectivity index (χ0) is 20.0. The van der Waals surface area contributed by atoms with Gasteiger partial charge in [-0.3, -0.25) is 4.79 Å². The Balaban J connectivity index is 1.62. The molecule has 2 atom stereocenters. The molecule has 1 heterocycles. The van der Waals surface area contributed by atoms with Crippen LogP contribution in [0.2, 0.25) is 0 Å². The van der Waals surface area contributed by atoms with Gasteiger partial charge in [-0.15, -0.1) is 0 Å². The Morgan fingerprint density at radius 1 is 1.14 bits per heavy atom. The van der Waals surface area contributed by atoms with E-state index in [0.717, 1.165) is 18.4 Å². The molecule has 28 heavy (non-hydrogen) atoms. The number of amides is 1. The predicted octanol–water partition coefficient (Wildman–Crippen LogP) is 3.28. The van der Waals surface area contributed by atoms with Gasteiger partial charge < -0.3 is 10.1 Å². The first-order valence-corrected chi connectivity index (χ1v) is 11.0. The molecular formula is C21H26N2O4S. The highest BCUT2D eigenvalue weighted by atomic mass is 32.2. The molecule has 0 aliphatic carbocycles. The third-order valence-corrected chi connectivity index (χ3v) is 6.32. The molecule has 0 spiro atoms. The van der Waals surface area contributed by atoms with E-state index in [0.29, 0.717) is 18.7 Å². The van der Waals surface area contributed by atoms with Crippen molar-refractivity contribution in [1.82, 2.24) is 4.72 Å². The first-order valence-electron chi connectivity index (χ1n) is 9.56. The highest BCUT2D eigenvalue weighted by Gasteiger charge is 2.21. The molecule has 2 unspecified atom stereocenters. The van der Waals surface area contributed by atoms with Gasteiger partial charge in [0.05, 0.1) is 16.9 Å². The summed E-state index contributed by atoms with van der Waals surface area (Å²) in [6, 6.07) is 15.8. The number of anilines is 1. The molecule has 0 saturated carbocycles. The minimum absolute atomic E-state index is 0.0581. The van der Waals surface area contributed by atoms with Crippen molar-refractivity contribution < 1.29 is 17.9 Å². The topological polar surface area (TPSA) is 84.5 Å². The van der Waals surface area contributed by atoms with Gasteiger partial charge in [0.25, 0.3) is 0 Å². The summed E-state index contributed by atoms with van der Waals surface area (Å²) in [5.74, 6) is -0.362. The molecule has 0 bridgehead atoms. The average molecular weight is 403 g/mol. The molecule has 1 saturated heterocycles. The second-order valence-corrected chi connectivity index (χ2v) is 8.64. The van der Waals surface area contributed by atoms with E-state index in [1.54, 1.807) is 12.1 Å². The molecule has 0 aromatic heterocycles. The zero-order valence-corrected chi connectivity index (χ0v) is 16.7. The van der Waals surface area contributed by atoms with Crippen LogP contribution in [0.25, 0.3) is 0 Å². The lowest BCUT2D eigenvalue weighted by atomic mass is 9.95. The SMILES string of the molecule is CCC(C(=O)Nc1ccc(S(=O)(=O)NCC2CCCO2)cc1)c1ccccc1. The summed E-state index contributed by atoms with van der Waals surface area (Å²) in [7, 11) is -3.60. The van der Waals surface area contributed by atoms with Crippen LogP contribution in [-0.4, -0.2) is 33.6 Å². The Bertz CT molecular complexity index is 876. The maximum Gasteiger partial charge on any atom is 0.240 e. The van der Waals surface area contributed by atoms with Crippen LogP contribution in [0.15, 0.2) is 59.5 Å². The van der Waals surface area contributed by atoms with Gasteiger partial charge in [-0.05, 0) is 49.1 Å². The Kier molecular flexibility index (Phi) is 6.83. The van der Waals surface area contributed by atoms with E-state index in [-0.39, 0.29) is 29.4 Å². The molecule has 150 valence electrons. The summed E-state index contributed by atoms with van der Waals surface area (Å²) in [5.41, 5.74) is 1.53. The van der Waals surface area contributed by atoms with Crippen LogP contribution in [0, 0.1) is 0 Å². The lowest BCUT2D eigenvalue weighted by Gasteiger charge is -2.16. The normalized spacial score (nSPS) is 18.0. The van der Waals surface area contributed by atoms with Crippen LogP contribution < -0.4 is 10.0 Å². The van der Waals surface area contributed by atoms with Gasteiger partial charge in [0.2, 0.25) is 15.9 Å². The minimum atomic E-state index is -3.60. The van der Waals surface area contributed by atoms with E-state index in [9.17, 15) is 13.2 Å². The predicted molar refractivity (Wildman–Crippen MR) is 109 cm³/mol. The third-order valence-electron chi connectivity index (χ3n) is 4.88. The first-order chi connectivity index (χ1) is 13.5. The Morgan fingerprint density at radius 3 is 2.46 bits per heavy atom. The maximum absolute atomic E-state index is 12.6. The van der Waals surface area contributed by atoms with Crippen molar-refractivity contribution in [2.24, 2.45) is 0 Å². The second kappa shape index (κ2) is 9.32. The van der Waals surface area contributed by atoms with Gasteiger partial charge in [-0.1, -0.05) is 37.3 Å². The van der Waals surface area contributed by atoms with E-state index in [1.807, 2.05) is 37.3 Å². The van der Waals surface area contributed by atoms with Crippen molar-refractivity contribution in [2.75, 3.05) is 18.5 Å². The van der Waals surface area contributed by atoms with Crippen molar-refractivity contribution in [3.05, 3.63) is 60.2 Å². The number of nitrogens with one attached hydrogen (secondary N) is 2. The maximum atomic E-state index is 12.6. The Morgan fingerprint density at radius 2 is 1.86 bits per heavy atom. The number of carbonyl (C=O) groups is 1. The largest absolute Gasteiger partial charge is 0.377 e. The van der Waals surface area contributed by atoms with Crippen molar-refractivity contribution in [1.29, 1.82) is 0 Å². The van der Waals surface area contributed by atoms with E-state index in [1.165, 1.54) is 12.1 Å². The monoisotopic (exact) mass is 402 g/mol. The fourth-order valence-corrected chi connectivity index (χ4v) is 4.36. The number of benzene rings is 2. The molecule has 1 amide bonds. The standard InChI is InChI=1S/C21H26N2O4S/c1-2-20(16-7-4-3-5-8-16)21(24)23-17-10-12-19(13-11-17)28(25,26)22-15-18-9-6-14-27-18/h3-5,7-8,10-13,18,20,22H,2,6,9,14-15H2,1H3,(H,23,24). The van der Waals surface area contributed by atoms with Crippen molar-refractivity contribution >= 4 is 21.6 Å². The number of ether oxygens (including phenoxy) is 1. The van der Waals surface area contributed by atoms with Gasteiger partial charge in [0.1, 0.15) is 0 Å². The summed E-state index contributed by atoms with van der Waals surface area (Å²) < 4.78 is 32.8. The zero-order valence-electron chi connectivity index (χ0n) is 15.9. The smallest absolute Gasteiger partial charge is 0.240 e. The number of hydrogen-bond donors (Lipinski definition) is 2. The Labute approximate surface area is 166 Å². The number of carbonyl (C=O) groups excluding carboxylic acids is 1. The quantitative estimate of drug-likeness (QED) is 0.710. The molecule has 1 aliphatic heterocycles. The summed E-state index contributed by atoms with van der Waals surface area (Å²) in [5, 5.41) is 2.87. The minimum Gasteiger partial charge on any atom is -0.377 e. The van der Waals surface area contributed by atoms with E-state index < -0.39 is 10.0 Å². The van der Waals surface area contributed by atoms with Crippen molar-refractivity contribution in [3.63, 3.8) is 0 Å². The van der Waals surface area contributed by atoms with Gasteiger partial charge in [0, 0.05) is 18.8 Å². The molecule has 3 rings (SSSR count). The molecule has 1 fully saturated rings. The van der Waals surface area contributed by atoms with Crippen LogP contribution >= 0.6 is 0 Å². The molecule has 7 heteroatoms. The van der Waals surface area contributed by atoms with Gasteiger partial charge >= 0.3 is 0 Å². The first kappa shape index (κ1) is 20.5. The number of sulfonamides is 1. The fourth-order valence-electron chi connectivity index (χ4n) is 3.30. The molecule has 2 aromatic rings. The molecule has 2 aromatic carbocycles. The fraction of sp³-hybridized carbons (Fsp3) is 0.381. The lowest BCUT2D eigenvalue weighted by molar-refractivity contribution is -0.117. The van der Waals surface area contributed by atoms with Crippen LogP contribution in [0.5, 0.6) is 0 Å². The van der Waals surface area contributed by atoms with Crippen molar-refractivity contribution in [2.45, 2.75) is 43.1 Å². The summed E-state index contributed by atoms with van der Waals surface area (Å²) in [6.45, 7) is 2.92. The molecule has 1 aliphatic rings. The van der Waals surface area contributed by atoms with Crippen LogP contribution in [0.4, 0.5) is 5.69 Å². The molecular weight excluding hydrogens is 376 g/mol. The third kappa shape index (κ3) is 5.19. The van der Waals surface area contributed by atoms with E-state index in [4.69, 9.17) is 4.74 Å². The number of hydrogen-bond acceptors (Lipinski definition) is 4. The highest BCUT2D eigenvalue weighted by Crippen LogP contribution is 2.22. The summed E-state index contributed by atoms with van der Waals surface area (Å²) in [6.07, 6.45) is 2.45. The van der Waals surface area contributed by atoms with Crippen LogP contribution in [0.1, 0.15) is 37.7 Å². The summed E-state index contributed by atoms with van der Waals surface area (Å²) in [4.78, 5) is 12.8. The number of rotatable bonds is 8. The molecule has 0 radical (unpaired) electrons. The van der Waals surface area contributed by atoms with E-state index in [2.05, 4.69) is 10.0 Å². The van der Waals surface area contributed by atoms with Gasteiger partial charge in [0.15, 0.2) is 0 Å². The lowest BCUT2D eigenvalue weighted by Crippen LogP contribution is -2.31. The average Bonchev–Trinajstić information content (AvgIpc) is 3.22. The Hall–Kier alpha value is -2.22. The summed E-state index contributed by atoms with van der Waals surface area (Å²) >= 11 is 0. The highest BCUT2D eigenvalue weighted by molar-refractivity contribution is 7.89. The molecule has 6 nitrogen and oxygen atoms in total. The van der Waals surface area contributed by atoms with Gasteiger partial charge in [-0.2, -0.15) is 0 Å². The van der Waals surface area contributed by atoms with Crippen LogP contribution in [-0.2, 0) is 19.6 Å². The molecule has 2 N–H and O–H groups in total. The van der Waals surface area contributed by atoms with Crippen LogP contribution in [0.3, 0.4) is 0 Å². The second-order valence-electron chi connectivity index (χ2n) is 6.87.